The molecule has 0 bridgehead atoms. The van der Waals surface area contributed by atoms with Crippen molar-refractivity contribution in [3.8, 4) is 0 Å². The molecule has 122 valence electrons. The van der Waals surface area contributed by atoms with E-state index in [1.54, 1.807) is 5.57 Å². The van der Waals surface area contributed by atoms with Gasteiger partial charge in [-0.3, -0.25) is 9.59 Å². The molecule has 23 heavy (non-hydrogen) atoms. The van der Waals surface area contributed by atoms with Gasteiger partial charge in [0, 0.05) is 25.2 Å². The molecule has 0 N–H and O–H groups in total. The highest BCUT2D eigenvalue weighted by molar-refractivity contribution is 5.91. The van der Waals surface area contributed by atoms with Crippen LogP contribution in [-0.2, 0) is 9.59 Å². The molecule has 0 aromatic heterocycles. The van der Waals surface area contributed by atoms with Crippen molar-refractivity contribution in [2.45, 2.75) is 57.8 Å². The summed E-state index contributed by atoms with van der Waals surface area (Å²) in [5.41, 5.74) is 3.18. The summed E-state index contributed by atoms with van der Waals surface area (Å²) in [6, 6.07) is 0. The van der Waals surface area contributed by atoms with Gasteiger partial charge in [-0.1, -0.05) is 23.3 Å². The molecular weight excluding hydrogens is 284 g/mol. The molecule has 2 heteroatoms. The summed E-state index contributed by atoms with van der Waals surface area (Å²) in [5.74, 6) is 5.33. The number of Topliss-reactive ketones (excluding diaryl/α,β-unsaturated/α-hetero) is 2. The molecule has 0 amide bonds. The lowest BCUT2D eigenvalue weighted by molar-refractivity contribution is -0.130. The molecule has 0 heterocycles. The third-order valence-electron chi connectivity index (χ3n) is 7.48. The Balaban J connectivity index is 0.000000106. The van der Waals surface area contributed by atoms with Crippen molar-refractivity contribution in [3.63, 3.8) is 0 Å². The lowest BCUT2D eigenvalue weighted by Crippen LogP contribution is -2.33. The first-order valence-corrected chi connectivity index (χ1v) is 9.65. The summed E-state index contributed by atoms with van der Waals surface area (Å²) in [6.45, 7) is 0. The highest BCUT2D eigenvalue weighted by Crippen LogP contribution is 2.54. The number of allylic oxidation sites excluding steroid dienone is 4. The largest absolute Gasteiger partial charge is 0.300 e. The molecule has 0 unspecified atom stereocenters. The zero-order valence-corrected chi connectivity index (χ0v) is 13.8. The van der Waals surface area contributed by atoms with Gasteiger partial charge < -0.3 is 0 Å². The molecule has 0 aromatic carbocycles. The minimum absolute atomic E-state index is 0.405. The van der Waals surface area contributed by atoms with Crippen LogP contribution in [0.2, 0.25) is 0 Å². The van der Waals surface area contributed by atoms with Crippen LogP contribution in [0.15, 0.2) is 23.3 Å². The standard InChI is InChI=1S/C11H14O.C10H12O/c12-9-5-8-4-7-2-1-3-10(7)11(8)6-9;11-9-5-7-4-6-2-1-3-8(6)10(7)9/h3,7-8,11H,1-2,4-6H2;3,6-7,10H,1-2,4-5H2/t7-,8+,11-;6-,7+,10-/m00/s1. The van der Waals surface area contributed by atoms with Crippen LogP contribution in [0.5, 0.6) is 0 Å². The second kappa shape index (κ2) is 5.16. The van der Waals surface area contributed by atoms with E-state index in [0.717, 1.165) is 42.9 Å². The van der Waals surface area contributed by atoms with Crippen LogP contribution in [0, 0.1) is 35.5 Å². The van der Waals surface area contributed by atoms with Crippen LogP contribution >= 0.6 is 0 Å². The van der Waals surface area contributed by atoms with E-state index in [4.69, 9.17) is 0 Å². The Morgan fingerprint density at radius 1 is 0.783 bits per heavy atom. The Bertz CT molecular complexity index is 626. The van der Waals surface area contributed by atoms with E-state index in [-0.39, 0.29) is 0 Å². The molecular formula is C21H26O2. The second-order valence-electron chi connectivity index (χ2n) is 8.65. The second-order valence-corrected chi connectivity index (χ2v) is 8.65. The molecule has 6 atom stereocenters. The van der Waals surface area contributed by atoms with Crippen molar-refractivity contribution >= 4 is 11.6 Å². The van der Waals surface area contributed by atoms with Gasteiger partial charge >= 0.3 is 0 Å². The first-order valence-electron chi connectivity index (χ1n) is 9.65. The Hall–Kier alpha value is -1.18. The summed E-state index contributed by atoms with van der Waals surface area (Å²) in [5, 5.41) is 0. The van der Waals surface area contributed by atoms with Gasteiger partial charge in [-0.15, -0.1) is 0 Å². The highest BCUT2D eigenvalue weighted by Gasteiger charge is 2.50. The van der Waals surface area contributed by atoms with Crippen molar-refractivity contribution in [2.24, 2.45) is 35.5 Å². The number of carbonyl (C=O) groups excluding carboxylic acids is 2. The van der Waals surface area contributed by atoms with E-state index >= 15 is 0 Å². The number of fused-ring (bicyclic) bond motifs is 6. The lowest BCUT2D eigenvalue weighted by Gasteiger charge is -2.28. The Morgan fingerprint density at radius 2 is 1.48 bits per heavy atom. The van der Waals surface area contributed by atoms with Crippen molar-refractivity contribution in [2.75, 3.05) is 0 Å². The molecule has 0 radical (unpaired) electrons. The van der Waals surface area contributed by atoms with Crippen LogP contribution in [-0.4, -0.2) is 11.6 Å². The number of hydrogen-bond acceptors (Lipinski definition) is 2. The van der Waals surface area contributed by atoms with Crippen LogP contribution in [0.4, 0.5) is 0 Å². The first-order chi connectivity index (χ1) is 11.2. The molecule has 0 spiro atoms. The van der Waals surface area contributed by atoms with Gasteiger partial charge in [0.15, 0.2) is 0 Å². The third-order valence-corrected chi connectivity index (χ3v) is 7.48. The van der Waals surface area contributed by atoms with Crippen LogP contribution in [0.25, 0.3) is 0 Å². The van der Waals surface area contributed by atoms with Gasteiger partial charge in [-0.05, 0) is 68.1 Å². The fraction of sp³-hybridized carbons (Fsp3) is 0.714. The summed E-state index contributed by atoms with van der Waals surface area (Å²) in [7, 11) is 0. The van der Waals surface area contributed by atoms with Crippen LogP contribution < -0.4 is 0 Å². The Morgan fingerprint density at radius 3 is 2.26 bits per heavy atom. The van der Waals surface area contributed by atoms with Crippen molar-refractivity contribution < 1.29 is 9.59 Å². The van der Waals surface area contributed by atoms with Crippen molar-refractivity contribution in [3.05, 3.63) is 23.3 Å². The van der Waals surface area contributed by atoms with E-state index in [1.165, 1.54) is 44.1 Å². The SMILES string of the molecule is O=C1C[C@H]2C[C@@H]3CCC=C3[C@@H]12.O=C1C[C@H]2C[C@@H]3CCC=C3[C@H]2C1. The molecule has 4 fully saturated rings. The molecule has 0 aromatic rings. The molecule has 0 saturated heterocycles. The van der Waals surface area contributed by atoms with Gasteiger partial charge in [-0.2, -0.15) is 0 Å². The summed E-state index contributed by atoms with van der Waals surface area (Å²) < 4.78 is 0. The fourth-order valence-electron chi connectivity index (χ4n) is 6.49. The normalized spacial score (nSPS) is 45.4. The molecule has 2 nitrogen and oxygen atoms in total. The van der Waals surface area contributed by atoms with Gasteiger partial charge in [0.2, 0.25) is 0 Å². The zero-order chi connectivity index (χ0) is 15.6. The topological polar surface area (TPSA) is 34.1 Å². The van der Waals surface area contributed by atoms with Crippen molar-refractivity contribution in [1.29, 1.82) is 0 Å². The quantitative estimate of drug-likeness (QED) is 0.627. The van der Waals surface area contributed by atoms with Crippen LogP contribution in [0.1, 0.15) is 57.8 Å². The molecule has 6 aliphatic rings. The maximum atomic E-state index is 11.2. The predicted molar refractivity (Wildman–Crippen MR) is 88.7 cm³/mol. The van der Waals surface area contributed by atoms with Gasteiger partial charge in [0.05, 0.1) is 0 Å². The first kappa shape index (κ1) is 14.2. The van der Waals surface area contributed by atoms with Gasteiger partial charge in [-0.25, -0.2) is 0 Å². The minimum atomic E-state index is 0.405. The monoisotopic (exact) mass is 310 g/mol. The molecule has 6 rings (SSSR count). The molecule has 0 aliphatic heterocycles. The van der Waals surface area contributed by atoms with Gasteiger partial charge in [0.25, 0.3) is 0 Å². The Kier molecular flexibility index (Phi) is 3.18. The summed E-state index contributed by atoms with van der Waals surface area (Å²) >= 11 is 0. The Labute approximate surface area is 138 Å². The van der Waals surface area contributed by atoms with E-state index < -0.39 is 0 Å². The fourth-order valence-corrected chi connectivity index (χ4v) is 6.49. The average molecular weight is 310 g/mol. The average Bonchev–Trinajstić information content (AvgIpc) is 3.23. The number of rotatable bonds is 0. The van der Waals surface area contributed by atoms with E-state index in [0.29, 0.717) is 23.4 Å². The van der Waals surface area contributed by atoms with Crippen LogP contribution in [0.3, 0.4) is 0 Å². The maximum Gasteiger partial charge on any atom is 0.140 e. The van der Waals surface area contributed by atoms with E-state index in [9.17, 15) is 9.59 Å². The number of hydrogen-bond donors (Lipinski definition) is 0. The lowest BCUT2D eigenvalue weighted by atomic mass is 9.73. The minimum Gasteiger partial charge on any atom is -0.300 e. The number of ketones is 2. The summed E-state index contributed by atoms with van der Waals surface area (Å²) in [6.07, 6.45) is 15.2. The summed E-state index contributed by atoms with van der Waals surface area (Å²) in [4.78, 5) is 22.4. The van der Waals surface area contributed by atoms with E-state index in [2.05, 4.69) is 12.2 Å². The maximum absolute atomic E-state index is 11.2. The predicted octanol–water partition coefficient (Wildman–Crippen LogP) is 4.25. The van der Waals surface area contributed by atoms with Crippen molar-refractivity contribution in [1.82, 2.24) is 0 Å². The highest BCUT2D eigenvalue weighted by atomic mass is 16.1. The number of carbonyl (C=O) groups is 2. The van der Waals surface area contributed by atoms with E-state index in [1.807, 2.05) is 0 Å². The third kappa shape index (κ3) is 2.13. The molecule has 4 saturated carbocycles. The zero-order valence-electron chi connectivity index (χ0n) is 13.8. The van der Waals surface area contributed by atoms with Gasteiger partial charge in [0.1, 0.15) is 11.6 Å². The molecule has 6 aliphatic carbocycles. The smallest absolute Gasteiger partial charge is 0.140 e.